The van der Waals surface area contributed by atoms with Crippen molar-refractivity contribution in [1.29, 1.82) is 0 Å². The predicted octanol–water partition coefficient (Wildman–Crippen LogP) is 5.02. The van der Waals surface area contributed by atoms with E-state index in [4.69, 9.17) is 11.6 Å². The fourth-order valence-electron chi connectivity index (χ4n) is 2.04. The topological polar surface area (TPSA) is 17.1 Å². The summed E-state index contributed by atoms with van der Waals surface area (Å²) in [6.45, 7) is 4.08. The lowest BCUT2D eigenvalue weighted by atomic mass is 9.93. The summed E-state index contributed by atoms with van der Waals surface area (Å²) < 4.78 is 0. The Balaban J connectivity index is 2.06. The van der Waals surface area contributed by atoms with Crippen LogP contribution in [0.15, 0.2) is 48.5 Å². The first-order valence-corrected chi connectivity index (χ1v) is 6.79. The number of rotatable bonds is 4. The molecule has 2 rings (SSSR count). The molecule has 0 amide bonds. The molecule has 1 nitrogen and oxygen atoms in total. The minimum Gasteiger partial charge on any atom is -0.294 e. The van der Waals surface area contributed by atoms with E-state index in [2.05, 4.69) is 6.92 Å². The molecule has 0 saturated heterocycles. The third-order valence-electron chi connectivity index (χ3n) is 3.30. The fourth-order valence-corrected chi connectivity index (χ4v) is 2.17. The summed E-state index contributed by atoms with van der Waals surface area (Å²) >= 11 is 5.87. The number of ketones is 1. The van der Waals surface area contributed by atoms with Crippen molar-refractivity contribution in [3.8, 4) is 0 Å². The van der Waals surface area contributed by atoms with Crippen molar-refractivity contribution in [3.63, 3.8) is 0 Å². The van der Waals surface area contributed by atoms with Gasteiger partial charge < -0.3 is 0 Å². The Bertz CT molecular complexity index is 555. The average Bonchev–Trinajstić information content (AvgIpc) is 2.40. The van der Waals surface area contributed by atoms with Crippen molar-refractivity contribution in [3.05, 3.63) is 70.2 Å². The van der Waals surface area contributed by atoms with Crippen molar-refractivity contribution in [2.24, 2.45) is 0 Å². The van der Waals surface area contributed by atoms with Crippen molar-refractivity contribution in [2.45, 2.75) is 26.2 Å². The van der Waals surface area contributed by atoms with Crippen molar-refractivity contribution in [1.82, 2.24) is 0 Å². The number of hydrogen-bond donors (Lipinski definition) is 0. The van der Waals surface area contributed by atoms with Gasteiger partial charge in [0.15, 0.2) is 5.78 Å². The average molecular weight is 273 g/mol. The first-order chi connectivity index (χ1) is 9.06. The number of carbonyl (C=O) groups is 1. The SMILES string of the molecule is Cc1ccc(C(=O)CC(C)c2ccc(Cl)cc2)cc1. The van der Waals surface area contributed by atoms with Gasteiger partial charge in [-0.05, 0) is 30.5 Å². The molecule has 0 fully saturated rings. The number of halogens is 1. The Hall–Kier alpha value is -1.60. The summed E-state index contributed by atoms with van der Waals surface area (Å²) in [5, 5.41) is 0.723. The van der Waals surface area contributed by atoms with Gasteiger partial charge in [-0.15, -0.1) is 0 Å². The first-order valence-electron chi connectivity index (χ1n) is 6.41. The second-order valence-corrected chi connectivity index (χ2v) is 5.38. The van der Waals surface area contributed by atoms with Gasteiger partial charge in [-0.1, -0.05) is 60.5 Å². The van der Waals surface area contributed by atoms with Crippen LogP contribution in [0.5, 0.6) is 0 Å². The number of hydrogen-bond acceptors (Lipinski definition) is 1. The van der Waals surface area contributed by atoms with Crippen LogP contribution < -0.4 is 0 Å². The maximum absolute atomic E-state index is 12.2. The van der Waals surface area contributed by atoms with Gasteiger partial charge in [0, 0.05) is 17.0 Å². The van der Waals surface area contributed by atoms with Gasteiger partial charge in [-0.2, -0.15) is 0 Å². The molecule has 0 heterocycles. The molecule has 98 valence electrons. The maximum Gasteiger partial charge on any atom is 0.163 e. The molecular weight excluding hydrogens is 256 g/mol. The van der Waals surface area contributed by atoms with Crippen LogP contribution in [0.3, 0.4) is 0 Å². The molecule has 0 radical (unpaired) electrons. The van der Waals surface area contributed by atoms with E-state index in [9.17, 15) is 4.79 Å². The molecule has 0 aromatic heterocycles. The zero-order chi connectivity index (χ0) is 13.8. The summed E-state index contributed by atoms with van der Waals surface area (Å²) in [5.74, 6) is 0.383. The van der Waals surface area contributed by atoms with E-state index in [0.717, 1.165) is 16.1 Å². The highest BCUT2D eigenvalue weighted by atomic mass is 35.5. The lowest BCUT2D eigenvalue weighted by Gasteiger charge is -2.11. The number of carbonyl (C=O) groups excluding carboxylic acids is 1. The number of aryl methyl sites for hydroxylation is 1. The fraction of sp³-hybridized carbons (Fsp3) is 0.235. The molecule has 2 aromatic carbocycles. The standard InChI is InChI=1S/C17H17ClO/c1-12-3-5-15(6-4-12)17(19)11-13(2)14-7-9-16(18)10-8-14/h3-10,13H,11H2,1-2H3. The molecule has 1 unspecified atom stereocenters. The van der Waals surface area contributed by atoms with Crippen LogP contribution >= 0.6 is 11.6 Å². The van der Waals surface area contributed by atoms with E-state index in [0.29, 0.717) is 6.42 Å². The van der Waals surface area contributed by atoms with Crippen LogP contribution in [0.4, 0.5) is 0 Å². The van der Waals surface area contributed by atoms with Crippen molar-refractivity contribution >= 4 is 17.4 Å². The van der Waals surface area contributed by atoms with Gasteiger partial charge in [0.25, 0.3) is 0 Å². The second-order valence-electron chi connectivity index (χ2n) is 4.95. The zero-order valence-electron chi connectivity index (χ0n) is 11.2. The molecule has 0 aliphatic carbocycles. The molecule has 0 N–H and O–H groups in total. The van der Waals surface area contributed by atoms with Crippen molar-refractivity contribution in [2.75, 3.05) is 0 Å². The summed E-state index contributed by atoms with van der Waals surface area (Å²) in [6, 6.07) is 15.4. The predicted molar refractivity (Wildman–Crippen MR) is 80.0 cm³/mol. The van der Waals surface area contributed by atoms with Crippen LogP contribution in [0.2, 0.25) is 5.02 Å². The summed E-state index contributed by atoms with van der Waals surface area (Å²) in [5.41, 5.74) is 3.10. The summed E-state index contributed by atoms with van der Waals surface area (Å²) in [7, 11) is 0. The Morgan fingerprint density at radius 1 is 1.05 bits per heavy atom. The van der Waals surface area contributed by atoms with Crippen LogP contribution in [-0.2, 0) is 0 Å². The van der Waals surface area contributed by atoms with E-state index in [1.165, 1.54) is 5.56 Å². The van der Waals surface area contributed by atoms with E-state index in [1.54, 1.807) is 0 Å². The molecule has 0 spiro atoms. The molecule has 0 bridgehead atoms. The lowest BCUT2D eigenvalue weighted by Crippen LogP contribution is -2.05. The largest absolute Gasteiger partial charge is 0.294 e. The van der Waals surface area contributed by atoms with Gasteiger partial charge in [-0.25, -0.2) is 0 Å². The normalized spacial score (nSPS) is 12.2. The van der Waals surface area contributed by atoms with Crippen LogP contribution in [0.25, 0.3) is 0 Å². The van der Waals surface area contributed by atoms with Crippen LogP contribution in [-0.4, -0.2) is 5.78 Å². The monoisotopic (exact) mass is 272 g/mol. The van der Waals surface area contributed by atoms with E-state index in [-0.39, 0.29) is 11.7 Å². The second kappa shape index (κ2) is 6.03. The smallest absolute Gasteiger partial charge is 0.163 e. The third kappa shape index (κ3) is 3.68. The van der Waals surface area contributed by atoms with Gasteiger partial charge in [0.2, 0.25) is 0 Å². The maximum atomic E-state index is 12.2. The van der Waals surface area contributed by atoms with Crippen LogP contribution in [0.1, 0.15) is 40.7 Å². The molecular formula is C17H17ClO. The van der Waals surface area contributed by atoms with E-state index in [1.807, 2.05) is 55.5 Å². The lowest BCUT2D eigenvalue weighted by molar-refractivity contribution is 0.0975. The Labute approximate surface area is 119 Å². The Morgan fingerprint density at radius 2 is 1.63 bits per heavy atom. The molecule has 1 atom stereocenters. The molecule has 2 aromatic rings. The molecule has 0 aliphatic heterocycles. The Morgan fingerprint density at radius 3 is 2.21 bits per heavy atom. The summed E-state index contributed by atoms with van der Waals surface area (Å²) in [6.07, 6.45) is 0.519. The minimum atomic E-state index is 0.183. The van der Waals surface area contributed by atoms with E-state index < -0.39 is 0 Å². The zero-order valence-corrected chi connectivity index (χ0v) is 11.9. The van der Waals surface area contributed by atoms with Crippen molar-refractivity contribution < 1.29 is 4.79 Å². The van der Waals surface area contributed by atoms with Gasteiger partial charge in [-0.3, -0.25) is 4.79 Å². The Kier molecular flexibility index (Phi) is 4.39. The van der Waals surface area contributed by atoms with Gasteiger partial charge in [0.1, 0.15) is 0 Å². The highest BCUT2D eigenvalue weighted by Crippen LogP contribution is 2.23. The van der Waals surface area contributed by atoms with E-state index >= 15 is 0 Å². The van der Waals surface area contributed by atoms with Gasteiger partial charge >= 0.3 is 0 Å². The van der Waals surface area contributed by atoms with Crippen LogP contribution in [0, 0.1) is 6.92 Å². The quantitative estimate of drug-likeness (QED) is 0.714. The molecule has 0 aliphatic rings. The van der Waals surface area contributed by atoms with Gasteiger partial charge in [0.05, 0.1) is 0 Å². The number of benzene rings is 2. The molecule has 0 saturated carbocycles. The summed E-state index contributed by atoms with van der Waals surface area (Å²) in [4.78, 5) is 12.2. The minimum absolute atomic E-state index is 0.183. The first kappa shape index (κ1) is 13.8. The third-order valence-corrected chi connectivity index (χ3v) is 3.56. The molecule has 2 heteroatoms. The highest BCUT2D eigenvalue weighted by molar-refractivity contribution is 6.30. The molecule has 19 heavy (non-hydrogen) atoms. The number of Topliss-reactive ketones (excluding diaryl/α,β-unsaturated/α-hetero) is 1. The highest BCUT2D eigenvalue weighted by Gasteiger charge is 2.12.